The lowest BCUT2D eigenvalue weighted by atomic mass is 9.95. The van der Waals surface area contributed by atoms with E-state index in [1.54, 1.807) is 13.2 Å². The number of hydrogen-bond acceptors (Lipinski definition) is 4. The highest BCUT2D eigenvalue weighted by molar-refractivity contribution is 5.81. The zero-order valence-corrected chi connectivity index (χ0v) is 16.1. The van der Waals surface area contributed by atoms with Crippen LogP contribution in [0.5, 0.6) is 5.75 Å². The molecule has 0 aliphatic carbocycles. The number of rotatable bonds is 12. The molecular weight excluding hydrogens is 314 g/mol. The van der Waals surface area contributed by atoms with E-state index >= 15 is 0 Å². The van der Waals surface area contributed by atoms with E-state index in [1.807, 2.05) is 37.3 Å². The molecule has 1 N–H and O–H groups in total. The second kappa shape index (κ2) is 12.4. The van der Waals surface area contributed by atoms with Crippen molar-refractivity contribution in [3.8, 4) is 5.75 Å². The molecule has 140 valence electrons. The monoisotopic (exact) mass is 347 g/mol. The van der Waals surface area contributed by atoms with Crippen molar-refractivity contribution in [3.05, 3.63) is 36.4 Å². The van der Waals surface area contributed by atoms with Crippen molar-refractivity contribution in [2.75, 3.05) is 19.0 Å². The minimum atomic E-state index is -0.275. The van der Waals surface area contributed by atoms with E-state index in [4.69, 9.17) is 9.47 Å². The fourth-order valence-corrected chi connectivity index (χ4v) is 2.71. The summed E-state index contributed by atoms with van der Waals surface area (Å²) in [6, 6.07) is 8.24. The molecular formula is C21H33NO3. The van der Waals surface area contributed by atoms with E-state index in [2.05, 4.69) is 19.2 Å². The van der Waals surface area contributed by atoms with Crippen LogP contribution in [-0.4, -0.2) is 25.7 Å². The molecule has 25 heavy (non-hydrogen) atoms. The molecule has 0 bridgehead atoms. The molecule has 0 amide bonds. The Bertz CT molecular complexity index is 510. The van der Waals surface area contributed by atoms with E-state index in [0.29, 0.717) is 6.61 Å². The van der Waals surface area contributed by atoms with Crippen LogP contribution in [0.25, 0.3) is 0 Å². The summed E-state index contributed by atoms with van der Waals surface area (Å²) in [5.74, 6) is 0.803. The summed E-state index contributed by atoms with van der Waals surface area (Å²) in [5, 5.41) is 3.60. The second-order valence-corrected chi connectivity index (χ2v) is 6.30. The van der Waals surface area contributed by atoms with Gasteiger partial charge < -0.3 is 14.8 Å². The third kappa shape index (κ3) is 8.62. The highest BCUT2D eigenvalue weighted by Crippen LogP contribution is 2.21. The third-order valence-corrected chi connectivity index (χ3v) is 4.27. The Hall–Kier alpha value is -1.97. The lowest BCUT2D eigenvalue weighted by molar-refractivity contribution is -0.137. The van der Waals surface area contributed by atoms with Gasteiger partial charge in [-0.3, -0.25) is 0 Å². The van der Waals surface area contributed by atoms with Gasteiger partial charge in [-0.25, -0.2) is 4.79 Å². The van der Waals surface area contributed by atoms with Crippen LogP contribution < -0.4 is 10.1 Å². The molecule has 0 saturated heterocycles. The Labute approximate surface area is 152 Å². The van der Waals surface area contributed by atoms with Crippen LogP contribution in [0.3, 0.4) is 0 Å². The summed E-state index contributed by atoms with van der Waals surface area (Å²) in [4.78, 5) is 11.6. The number of unbranched alkanes of at least 4 members (excludes halogenated alkanes) is 3. The summed E-state index contributed by atoms with van der Waals surface area (Å²) in [7, 11) is 1.67. The van der Waals surface area contributed by atoms with Crippen LogP contribution in [0.1, 0.15) is 52.9 Å². The van der Waals surface area contributed by atoms with E-state index in [9.17, 15) is 4.79 Å². The first kappa shape index (κ1) is 21.1. The Morgan fingerprint density at radius 2 is 1.88 bits per heavy atom. The number of hydrogen-bond donors (Lipinski definition) is 1. The minimum Gasteiger partial charge on any atom is -0.497 e. The average Bonchev–Trinajstić information content (AvgIpc) is 2.63. The number of esters is 1. The van der Waals surface area contributed by atoms with Gasteiger partial charge >= 0.3 is 5.97 Å². The largest absolute Gasteiger partial charge is 0.497 e. The second-order valence-electron chi connectivity index (χ2n) is 6.30. The lowest BCUT2D eigenvalue weighted by Gasteiger charge is -2.24. The number of benzene rings is 1. The molecule has 1 aromatic rings. The quantitative estimate of drug-likeness (QED) is 0.321. The molecule has 1 rings (SSSR count). The van der Waals surface area contributed by atoms with Crippen molar-refractivity contribution in [2.24, 2.45) is 5.92 Å². The van der Waals surface area contributed by atoms with E-state index in [0.717, 1.165) is 17.9 Å². The Morgan fingerprint density at radius 1 is 1.16 bits per heavy atom. The van der Waals surface area contributed by atoms with E-state index in [1.165, 1.54) is 25.7 Å². The minimum absolute atomic E-state index is 0.230. The molecule has 0 aliphatic rings. The highest BCUT2D eigenvalue weighted by atomic mass is 16.5. The van der Waals surface area contributed by atoms with Crippen LogP contribution >= 0.6 is 0 Å². The van der Waals surface area contributed by atoms with Gasteiger partial charge in [-0.05, 0) is 43.5 Å². The predicted molar refractivity (Wildman–Crippen MR) is 104 cm³/mol. The van der Waals surface area contributed by atoms with Crippen molar-refractivity contribution in [2.45, 2.75) is 58.9 Å². The maximum Gasteiger partial charge on any atom is 0.330 e. The SMILES string of the molecule is CCCCCC[C@@H](Nc1ccc(OC)cc1)[C@@H](C)/C=C/C(=O)OCC. The zero-order valence-electron chi connectivity index (χ0n) is 16.1. The first-order chi connectivity index (χ1) is 12.1. The standard InChI is InChI=1S/C21H33NO3/c1-5-7-8-9-10-20(17(3)11-16-21(23)25-6-2)22-18-12-14-19(24-4)15-13-18/h11-17,20,22H,5-10H2,1-4H3/b16-11+/t17-,20+/m0/s1. The summed E-state index contributed by atoms with van der Waals surface area (Å²) in [6.07, 6.45) is 9.48. The molecule has 0 spiro atoms. The molecule has 0 saturated carbocycles. The van der Waals surface area contributed by atoms with Gasteiger partial charge in [-0.15, -0.1) is 0 Å². The van der Waals surface area contributed by atoms with Gasteiger partial charge in [0.05, 0.1) is 13.7 Å². The summed E-state index contributed by atoms with van der Waals surface area (Å²) >= 11 is 0. The van der Waals surface area contributed by atoms with Gasteiger partial charge in [0.2, 0.25) is 0 Å². The smallest absolute Gasteiger partial charge is 0.330 e. The van der Waals surface area contributed by atoms with Crippen LogP contribution in [-0.2, 0) is 9.53 Å². The van der Waals surface area contributed by atoms with Gasteiger partial charge in [0.25, 0.3) is 0 Å². The van der Waals surface area contributed by atoms with Crippen LogP contribution in [0.2, 0.25) is 0 Å². The van der Waals surface area contributed by atoms with Crippen LogP contribution in [0.15, 0.2) is 36.4 Å². The molecule has 0 aliphatic heterocycles. The fourth-order valence-electron chi connectivity index (χ4n) is 2.71. The maximum atomic E-state index is 11.6. The Kier molecular flexibility index (Phi) is 10.5. The number of carbonyl (C=O) groups is 1. The lowest BCUT2D eigenvalue weighted by Crippen LogP contribution is -2.26. The summed E-state index contributed by atoms with van der Waals surface area (Å²) in [5.41, 5.74) is 1.07. The molecule has 0 heterocycles. The Morgan fingerprint density at radius 3 is 2.48 bits per heavy atom. The summed E-state index contributed by atoms with van der Waals surface area (Å²) < 4.78 is 10.2. The van der Waals surface area contributed by atoms with Crippen molar-refractivity contribution < 1.29 is 14.3 Å². The number of nitrogens with one attached hydrogen (secondary N) is 1. The molecule has 1 aromatic carbocycles. The molecule has 0 radical (unpaired) electrons. The maximum absolute atomic E-state index is 11.6. The molecule has 0 fully saturated rings. The number of anilines is 1. The van der Waals surface area contributed by atoms with Crippen molar-refractivity contribution in [1.29, 1.82) is 0 Å². The predicted octanol–water partition coefficient (Wildman–Crippen LogP) is 5.20. The van der Waals surface area contributed by atoms with Crippen LogP contribution in [0, 0.1) is 5.92 Å². The van der Waals surface area contributed by atoms with Crippen LogP contribution in [0.4, 0.5) is 5.69 Å². The van der Waals surface area contributed by atoms with Gasteiger partial charge in [0.1, 0.15) is 5.75 Å². The molecule has 2 atom stereocenters. The molecule has 0 aromatic heterocycles. The van der Waals surface area contributed by atoms with Gasteiger partial charge in [-0.2, -0.15) is 0 Å². The first-order valence-corrected chi connectivity index (χ1v) is 9.36. The van der Waals surface area contributed by atoms with Gasteiger partial charge in [0.15, 0.2) is 0 Å². The number of methoxy groups -OCH3 is 1. The van der Waals surface area contributed by atoms with Gasteiger partial charge in [0, 0.05) is 17.8 Å². The van der Waals surface area contributed by atoms with E-state index in [-0.39, 0.29) is 17.9 Å². The third-order valence-electron chi connectivity index (χ3n) is 4.27. The van der Waals surface area contributed by atoms with Gasteiger partial charge in [-0.1, -0.05) is 45.6 Å². The zero-order chi connectivity index (χ0) is 18.5. The topological polar surface area (TPSA) is 47.6 Å². The number of ether oxygens (including phenoxy) is 2. The van der Waals surface area contributed by atoms with Crippen molar-refractivity contribution >= 4 is 11.7 Å². The molecule has 4 heteroatoms. The normalized spacial score (nSPS) is 13.4. The number of carbonyl (C=O) groups excluding carboxylic acids is 1. The molecule has 4 nitrogen and oxygen atoms in total. The Balaban J connectivity index is 2.70. The van der Waals surface area contributed by atoms with Crippen molar-refractivity contribution in [1.82, 2.24) is 0 Å². The molecule has 0 unspecified atom stereocenters. The summed E-state index contributed by atoms with van der Waals surface area (Å²) in [6.45, 7) is 6.58. The average molecular weight is 347 g/mol. The van der Waals surface area contributed by atoms with E-state index < -0.39 is 0 Å². The van der Waals surface area contributed by atoms with Crippen molar-refractivity contribution in [3.63, 3.8) is 0 Å². The fraction of sp³-hybridized carbons (Fsp3) is 0.571. The highest BCUT2D eigenvalue weighted by Gasteiger charge is 2.15. The first-order valence-electron chi connectivity index (χ1n) is 9.36.